The predicted molar refractivity (Wildman–Crippen MR) is 119 cm³/mol. The molecular formula is C23H31N5O3. The minimum Gasteiger partial charge on any atom is -0.454 e. The molecule has 2 aliphatic rings. The van der Waals surface area contributed by atoms with Crippen molar-refractivity contribution in [2.75, 3.05) is 52.0 Å². The van der Waals surface area contributed by atoms with Crippen molar-refractivity contribution in [1.29, 1.82) is 0 Å². The molecule has 0 radical (unpaired) electrons. The highest BCUT2D eigenvalue weighted by molar-refractivity contribution is 5.95. The van der Waals surface area contributed by atoms with E-state index in [1.807, 2.05) is 51.0 Å². The molecule has 1 saturated heterocycles. The number of hydrogen-bond donors (Lipinski definition) is 0. The van der Waals surface area contributed by atoms with Crippen LogP contribution in [0.5, 0.6) is 11.5 Å². The highest BCUT2D eigenvalue weighted by Gasteiger charge is 2.30. The average molecular weight is 426 g/mol. The maximum Gasteiger partial charge on any atom is 0.254 e. The Bertz CT molecular complexity index is 921. The molecule has 0 unspecified atom stereocenters. The quantitative estimate of drug-likeness (QED) is 0.704. The van der Waals surface area contributed by atoms with Gasteiger partial charge < -0.3 is 24.2 Å². The number of hydrogen-bond acceptors (Lipinski definition) is 7. The fraction of sp³-hybridized carbons (Fsp3) is 0.522. The average Bonchev–Trinajstić information content (AvgIpc) is 3.21. The molecule has 0 N–H and O–H groups in total. The van der Waals surface area contributed by atoms with Gasteiger partial charge >= 0.3 is 0 Å². The molecule has 0 aliphatic carbocycles. The number of fused-ring (bicyclic) bond motifs is 1. The Morgan fingerprint density at radius 3 is 2.39 bits per heavy atom. The van der Waals surface area contributed by atoms with Crippen LogP contribution in [-0.4, -0.2) is 78.8 Å². The number of ether oxygens (including phenoxy) is 2. The van der Waals surface area contributed by atoms with E-state index in [4.69, 9.17) is 9.47 Å². The summed E-state index contributed by atoms with van der Waals surface area (Å²) in [5.41, 5.74) is 2.61. The summed E-state index contributed by atoms with van der Waals surface area (Å²) in [5.74, 6) is 2.16. The monoisotopic (exact) mass is 425 g/mol. The van der Waals surface area contributed by atoms with Crippen molar-refractivity contribution in [3.63, 3.8) is 0 Å². The number of amides is 1. The molecule has 31 heavy (non-hydrogen) atoms. The van der Waals surface area contributed by atoms with E-state index in [1.165, 1.54) is 0 Å². The third-order valence-corrected chi connectivity index (χ3v) is 5.83. The lowest BCUT2D eigenvalue weighted by Gasteiger charge is -2.39. The molecule has 8 heteroatoms. The van der Waals surface area contributed by atoms with Crippen LogP contribution in [0, 0.1) is 13.8 Å². The second-order valence-corrected chi connectivity index (χ2v) is 8.54. The standard InChI is InChI=1S/C23H31N5O3/c1-16-13-17(2)25-23(24-16)27-9-7-19(8-10-27)28(12-11-26(3)4)22(29)18-5-6-20-21(14-18)31-15-30-20/h5-6,13-14,19H,7-12,15H2,1-4H3. The Morgan fingerprint density at radius 1 is 1.03 bits per heavy atom. The Hall–Kier alpha value is -2.87. The first kappa shape index (κ1) is 21.4. The predicted octanol–water partition coefficient (Wildman–Crippen LogP) is 2.49. The number of anilines is 1. The van der Waals surface area contributed by atoms with E-state index in [2.05, 4.69) is 19.8 Å². The molecule has 1 aromatic heterocycles. The smallest absolute Gasteiger partial charge is 0.254 e. The number of aryl methyl sites for hydroxylation is 2. The Morgan fingerprint density at radius 2 is 1.71 bits per heavy atom. The van der Waals surface area contributed by atoms with Gasteiger partial charge in [0.2, 0.25) is 12.7 Å². The van der Waals surface area contributed by atoms with Gasteiger partial charge in [0.25, 0.3) is 5.91 Å². The van der Waals surface area contributed by atoms with Gasteiger partial charge in [-0.1, -0.05) is 0 Å². The van der Waals surface area contributed by atoms with Gasteiger partial charge in [0.05, 0.1) is 0 Å². The zero-order valence-electron chi connectivity index (χ0n) is 18.8. The van der Waals surface area contributed by atoms with Crippen LogP contribution < -0.4 is 14.4 Å². The van der Waals surface area contributed by atoms with Crippen LogP contribution in [0.4, 0.5) is 5.95 Å². The number of likely N-dealkylation sites (N-methyl/N-ethyl adjacent to an activating group) is 1. The van der Waals surface area contributed by atoms with Crippen molar-refractivity contribution in [2.45, 2.75) is 32.7 Å². The molecule has 1 amide bonds. The number of carbonyl (C=O) groups is 1. The molecule has 0 atom stereocenters. The van der Waals surface area contributed by atoms with E-state index in [9.17, 15) is 4.79 Å². The van der Waals surface area contributed by atoms with Crippen molar-refractivity contribution in [3.05, 3.63) is 41.2 Å². The Kier molecular flexibility index (Phi) is 6.27. The normalized spacial score (nSPS) is 16.1. The molecule has 0 bridgehead atoms. The molecule has 4 rings (SSSR count). The topological polar surface area (TPSA) is 71.0 Å². The zero-order valence-corrected chi connectivity index (χ0v) is 18.8. The van der Waals surface area contributed by atoms with Crippen LogP contribution >= 0.6 is 0 Å². The molecule has 166 valence electrons. The van der Waals surface area contributed by atoms with E-state index in [-0.39, 0.29) is 18.7 Å². The van der Waals surface area contributed by atoms with Crippen molar-refractivity contribution in [2.24, 2.45) is 0 Å². The minimum atomic E-state index is 0.0428. The molecule has 1 fully saturated rings. The molecular weight excluding hydrogens is 394 g/mol. The van der Waals surface area contributed by atoms with Crippen molar-refractivity contribution in [1.82, 2.24) is 19.8 Å². The van der Waals surface area contributed by atoms with Gasteiger partial charge in [-0.15, -0.1) is 0 Å². The summed E-state index contributed by atoms with van der Waals surface area (Å²) < 4.78 is 10.9. The van der Waals surface area contributed by atoms with Gasteiger partial charge in [0.15, 0.2) is 11.5 Å². The van der Waals surface area contributed by atoms with Gasteiger partial charge in [-0.2, -0.15) is 0 Å². The number of carbonyl (C=O) groups excluding carboxylic acids is 1. The fourth-order valence-corrected chi connectivity index (χ4v) is 4.18. The second-order valence-electron chi connectivity index (χ2n) is 8.54. The van der Waals surface area contributed by atoms with Crippen LogP contribution in [0.15, 0.2) is 24.3 Å². The SMILES string of the molecule is Cc1cc(C)nc(N2CCC(N(CCN(C)C)C(=O)c3ccc4c(c3)OCO4)CC2)n1. The van der Waals surface area contributed by atoms with Gasteiger partial charge in [-0.05, 0) is 65.0 Å². The van der Waals surface area contributed by atoms with Crippen LogP contribution in [0.25, 0.3) is 0 Å². The first-order valence-corrected chi connectivity index (χ1v) is 10.8. The molecule has 0 saturated carbocycles. The summed E-state index contributed by atoms with van der Waals surface area (Å²) in [4.78, 5) is 29.0. The number of nitrogens with zero attached hydrogens (tertiary/aromatic N) is 5. The molecule has 2 aliphatic heterocycles. The summed E-state index contributed by atoms with van der Waals surface area (Å²) in [7, 11) is 4.06. The van der Waals surface area contributed by atoms with E-state index in [0.717, 1.165) is 49.8 Å². The molecule has 3 heterocycles. The van der Waals surface area contributed by atoms with Gasteiger partial charge in [-0.3, -0.25) is 4.79 Å². The van der Waals surface area contributed by atoms with E-state index in [1.54, 1.807) is 6.07 Å². The van der Waals surface area contributed by atoms with Crippen molar-refractivity contribution >= 4 is 11.9 Å². The lowest BCUT2D eigenvalue weighted by Crippen LogP contribution is -2.49. The lowest BCUT2D eigenvalue weighted by atomic mass is 10.0. The largest absolute Gasteiger partial charge is 0.454 e. The summed E-state index contributed by atoms with van der Waals surface area (Å²) in [5, 5.41) is 0. The van der Waals surface area contributed by atoms with Crippen LogP contribution in [0.2, 0.25) is 0 Å². The van der Waals surface area contributed by atoms with Crippen LogP contribution in [0.3, 0.4) is 0 Å². The molecule has 8 nitrogen and oxygen atoms in total. The van der Waals surface area contributed by atoms with Gasteiger partial charge in [0.1, 0.15) is 0 Å². The summed E-state index contributed by atoms with van der Waals surface area (Å²) in [6.07, 6.45) is 1.78. The zero-order chi connectivity index (χ0) is 22.0. The first-order valence-electron chi connectivity index (χ1n) is 10.8. The summed E-state index contributed by atoms with van der Waals surface area (Å²) >= 11 is 0. The number of rotatable bonds is 6. The highest BCUT2D eigenvalue weighted by Crippen LogP contribution is 2.33. The maximum absolute atomic E-state index is 13.5. The lowest BCUT2D eigenvalue weighted by molar-refractivity contribution is 0.0634. The Labute approximate surface area is 183 Å². The van der Waals surface area contributed by atoms with Gasteiger partial charge in [0, 0.05) is 49.2 Å². The van der Waals surface area contributed by atoms with Gasteiger partial charge in [-0.25, -0.2) is 9.97 Å². The summed E-state index contributed by atoms with van der Waals surface area (Å²) in [6, 6.07) is 7.62. The number of aromatic nitrogens is 2. The fourth-order valence-electron chi connectivity index (χ4n) is 4.18. The third-order valence-electron chi connectivity index (χ3n) is 5.83. The Balaban J connectivity index is 1.48. The second kappa shape index (κ2) is 9.09. The molecule has 1 aromatic carbocycles. The highest BCUT2D eigenvalue weighted by atomic mass is 16.7. The van der Waals surface area contributed by atoms with E-state index < -0.39 is 0 Å². The molecule has 0 spiro atoms. The molecule has 2 aromatic rings. The van der Waals surface area contributed by atoms with Crippen LogP contribution in [0.1, 0.15) is 34.6 Å². The summed E-state index contributed by atoms with van der Waals surface area (Å²) in [6.45, 7) is 7.37. The van der Waals surface area contributed by atoms with Crippen molar-refractivity contribution in [3.8, 4) is 11.5 Å². The van der Waals surface area contributed by atoms with Crippen LogP contribution in [-0.2, 0) is 0 Å². The third kappa shape index (κ3) is 4.90. The maximum atomic E-state index is 13.5. The number of benzene rings is 1. The first-order chi connectivity index (χ1) is 14.9. The number of piperidine rings is 1. The van der Waals surface area contributed by atoms with E-state index in [0.29, 0.717) is 23.6 Å². The minimum absolute atomic E-state index is 0.0428. The van der Waals surface area contributed by atoms with E-state index >= 15 is 0 Å². The van der Waals surface area contributed by atoms with Crippen molar-refractivity contribution < 1.29 is 14.3 Å².